The van der Waals surface area contributed by atoms with Crippen molar-refractivity contribution < 1.29 is 9.47 Å². The van der Waals surface area contributed by atoms with E-state index in [2.05, 4.69) is 171 Å². The Balaban J connectivity index is 1.09. The van der Waals surface area contributed by atoms with Crippen molar-refractivity contribution in [2.75, 3.05) is 0 Å². The minimum absolute atomic E-state index is 0.392. The highest BCUT2D eigenvalue weighted by atomic mass is 31.2. The van der Waals surface area contributed by atoms with Gasteiger partial charge in [-0.25, -0.2) is 0 Å². The van der Waals surface area contributed by atoms with E-state index in [1.165, 1.54) is 43.5 Å². The molecule has 0 N–H and O–H groups in total. The van der Waals surface area contributed by atoms with Gasteiger partial charge in [0.1, 0.15) is 53.2 Å². The SMILES string of the molecule is Cc1ccc(COc2ccc(OCc3ccc([P+](c4ccccc4)(c4ccccc4)c4ccccc4)cc3)c3c2C2C=CC3C2)cc1. The summed E-state index contributed by atoms with van der Waals surface area (Å²) in [6, 6.07) is 55.0. The quantitative estimate of drug-likeness (QED) is 0.111. The molecule has 0 heterocycles. The highest BCUT2D eigenvalue weighted by molar-refractivity contribution is 8.01. The van der Waals surface area contributed by atoms with Gasteiger partial charge in [0, 0.05) is 23.0 Å². The summed E-state index contributed by atoms with van der Waals surface area (Å²) in [6.07, 6.45) is 5.80. The molecule has 2 bridgehead atoms. The molecule has 3 heteroatoms. The number of aryl methyl sites for hydroxylation is 1. The van der Waals surface area contributed by atoms with Crippen LogP contribution in [0, 0.1) is 6.92 Å². The minimum Gasteiger partial charge on any atom is -0.489 e. The van der Waals surface area contributed by atoms with Crippen molar-refractivity contribution in [1.29, 1.82) is 0 Å². The molecule has 47 heavy (non-hydrogen) atoms. The summed E-state index contributed by atoms with van der Waals surface area (Å²) in [5, 5.41) is 5.39. The van der Waals surface area contributed by atoms with Crippen LogP contribution in [-0.2, 0) is 13.2 Å². The smallest absolute Gasteiger partial charge is 0.144 e. The molecule has 2 unspecified atom stereocenters. The van der Waals surface area contributed by atoms with Gasteiger partial charge in [-0.2, -0.15) is 0 Å². The second kappa shape index (κ2) is 12.7. The molecular formula is C44H38O2P+. The zero-order valence-corrected chi connectivity index (χ0v) is 27.5. The summed E-state index contributed by atoms with van der Waals surface area (Å²) < 4.78 is 13.0. The molecule has 2 atom stereocenters. The Bertz CT molecular complexity index is 1900. The summed E-state index contributed by atoms with van der Waals surface area (Å²) in [4.78, 5) is 0. The normalized spacial score (nSPS) is 16.2. The third-order valence-electron chi connectivity index (χ3n) is 9.70. The van der Waals surface area contributed by atoms with Gasteiger partial charge in [0.2, 0.25) is 0 Å². The van der Waals surface area contributed by atoms with Crippen molar-refractivity contribution in [2.45, 2.75) is 38.4 Å². The number of hydrogen-bond acceptors (Lipinski definition) is 2. The predicted octanol–water partition coefficient (Wildman–Crippen LogP) is 8.91. The molecule has 230 valence electrons. The Labute approximate surface area is 278 Å². The summed E-state index contributed by atoms with van der Waals surface area (Å²) in [5.74, 6) is 2.75. The highest BCUT2D eigenvalue weighted by Crippen LogP contribution is 2.56. The second-order valence-electron chi connectivity index (χ2n) is 12.6. The average molecular weight is 630 g/mol. The van der Waals surface area contributed by atoms with Crippen LogP contribution in [0.2, 0.25) is 0 Å². The van der Waals surface area contributed by atoms with Crippen LogP contribution in [0.5, 0.6) is 11.5 Å². The summed E-state index contributed by atoms with van der Waals surface area (Å²) >= 11 is 0. The number of ether oxygens (including phenoxy) is 2. The second-order valence-corrected chi connectivity index (χ2v) is 16.0. The molecule has 8 rings (SSSR count). The van der Waals surface area contributed by atoms with Gasteiger partial charge < -0.3 is 9.47 Å². The highest BCUT2D eigenvalue weighted by Gasteiger charge is 2.47. The van der Waals surface area contributed by atoms with Gasteiger partial charge in [0.15, 0.2) is 0 Å². The molecule has 2 aliphatic carbocycles. The monoisotopic (exact) mass is 629 g/mol. The maximum absolute atomic E-state index is 6.62. The van der Waals surface area contributed by atoms with Gasteiger partial charge in [-0.15, -0.1) is 0 Å². The maximum Gasteiger partial charge on any atom is 0.144 e. The Morgan fingerprint density at radius 1 is 0.468 bits per heavy atom. The lowest BCUT2D eigenvalue weighted by Crippen LogP contribution is -2.38. The van der Waals surface area contributed by atoms with Crippen LogP contribution in [0.15, 0.2) is 164 Å². The molecular weight excluding hydrogens is 591 g/mol. The van der Waals surface area contributed by atoms with Crippen LogP contribution in [0.25, 0.3) is 0 Å². The lowest BCUT2D eigenvalue weighted by Gasteiger charge is -2.27. The van der Waals surface area contributed by atoms with Crippen molar-refractivity contribution in [1.82, 2.24) is 0 Å². The number of allylic oxidation sites excluding steroid dienone is 2. The first-order valence-corrected chi connectivity index (χ1v) is 18.3. The van der Waals surface area contributed by atoms with E-state index >= 15 is 0 Å². The van der Waals surface area contributed by atoms with Gasteiger partial charge >= 0.3 is 0 Å². The molecule has 0 fully saturated rings. The van der Waals surface area contributed by atoms with Gasteiger partial charge in [0.25, 0.3) is 0 Å². The molecule has 0 saturated carbocycles. The van der Waals surface area contributed by atoms with Crippen LogP contribution in [0.3, 0.4) is 0 Å². The summed E-state index contributed by atoms with van der Waals surface area (Å²) in [7, 11) is -2.12. The van der Waals surface area contributed by atoms with E-state index < -0.39 is 7.26 Å². The van der Waals surface area contributed by atoms with Gasteiger partial charge in [-0.1, -0.05) is 109 Å². The van der Waals surface area contributed by atoms with Gasteiger partial charge in [0.05, 0.1) is 0 Å². The van der Waals surface area contributed by atoms with E-state index in [9.17, 15) is 0 Å². The van der Waals surface area contributed by atoms with Crippen LogP contribution in [0.4, 0.5) is 0 Å². The lowest BCUT2D eigenvalue weighted by atomic mass is 9.95. The van der Waals surface area contributed by atoms with E-state index in [0.29, 0.717) is 25.0 Å². The Hall–Kier alpha value is -4.91. The van der Waals surface area contributed by atoms with E-state index in [-0.39, 0.29) is 0 Å². The number of hydrogen-bond donors (Lipinski definition) is 0. The van der Waals surface area contributed by atoms with Crippen molar-refractivity contribution >= 4 is 28.5 Å². The van der Waals surface area contributed by atoms with E-state index in [1.54, 1.807) is 0 Å². The van der Waals surface area contributed by atoms with Crippen molar-refractivity contribution in [3.8, 4) is 11.5 Å². The van der Waals surface area contributed by atoms with Crippen molar-refractivity contribution in [2.24, 2.45) is 0 Å². The zero-order chi connectivity index (χ0) is 31.6. The first-order valence-electron chi connectivity index (χ1n) is 16.5. The van der Waals surface area contributed by atoms with Crippen molar-refractivity contribution in [3.05, 3.63) is 192 Å². The van der Waals surface area contributed by atoms with Crippen molar-refractivity contribution in [3.63, 3.8) is 0 Å². The molecule has 0 radical (unpaired) electrons. The average Bonchev–Trinajstić information content (AvgIpc) is 3.77. The molecule has 0 spiro atoms. The Kier molecular flexibility index (Phi) is 7.97. The fourth-order valence-corrected chi connectivity index (χ4v) is 11.7. The van der Waals surface area contributed by atoms with Gasteiger partial charge in [-0.05, 0) is 85.1 Å². The standard InChI is InChI=1S/C44H38O2P/c1-32-17-19-33(20-18-32)30-45-41-27-28-42(44-36-24-23-35(29-36)43(41)44)46-31-34-21-25-40(26-22-34)47(37-11-5-2-6-12-37,38-13-7-3-8-14-38)39-15-9-4-10-16-39/h2-28,35-36H,29-31H2,1H3/q+1. The topological polar surface area (TPSA) is 18.5 Å². The molecule has 2 nitrogen and oxygen atoms in total. The predicted molar refractivity (Wildman–Crippen MR) is 197 cm³/mol. The molecule has 6 aromatic carbocycles. The first-order chi connectivity index (χ1) is 23.2. The Morgan fingerprint density at radius 2 is 0.851 bits per heavy atom. The fourth-order valence-electron chi connectivity index (χ4n) is 7.41. The first kappa shape index (κ1) is 29.5. The molecule has 2 aliphatic rings. The summed E-state index contributed by atoms with van der Waals surface area (Å²) in [6.45, 7) is 3.20. The Morgan fingerprint density at radius 3 is 1.28 bits per heavy atom. The lowest BCUT2D eigenvalue weighted by molar-refractivity contribution is 0.293. The largest absolute Gasteiger partial charge is 0.489 e. The van der Waals surface area contributed by atoms with E-state index in [1.807, 2.05) is 0 Å². The van der Waals surface area contributed by atoms with Crippen LogP contribution < -0.4 is 30.7 Å². The molecule has 0 aliphatic heterocycles. The van der Waals surface area contributed by atoms with Crippen LogP contribution in [0.1, 0.15) is 46.1 Å². The van der Waals surface area contributed by atoms with Gasteiger partial charge in [-0.3, -0.25) is 0 Å². The van der Waals surface area contributed by atoms with Crippen LogP contribution in [-0.4, -0.2) is 0 Å². The number of rotatable bonds is 10. The molecule has 0 amide bonds. The number of benzene rings is 6. The molecule has 0 saturated heterocycles. The third kappa shape index (κ3) is 5.47. The third-order valence-corrected chi connectivity index (χ3v) is 14.0. The fraction of sp³-hybridized carbons (Fsp3) is 0.136. The summed E-state index contributed by atoms with van der Waals surface area (Å²) in [5.41, 5.74) is 6.22. The van der Waals surface area contributed by atoms with E-state index in [4.69, 9.17) is 9.47 Å². The maximum atomic E-state index is 6.62. The number of fused-ring (bicyclic) bond motifs is 5. The zero-order valence-electron chi connectivity index (χ0n) is 26.6. The van der Waals surface area contributed by atoms with Crippen LogP contribution >= 0.6 is 7.26 Å². The minimum atomic E-state index is -2.12. The molecule has 6 aromatic rings. The van der Waals surface area contributed by atoms with E-state index in [0.717, 1.165) is 23.5 Å². The molecule has 0 aromatic heterocycles.